The van der Waals surface area contributed by atoms with Crippen molar-refractivity contribution in [3.8, 4) is 0 Å². The van der Waals surface area contributed by atoms with E-state index in [-0.39, 0.29) is 19.6 Å². The molecule has 0 heterocycles. The topological polar surface area (TPSA) is 151 Å². The predicted molar refractivity (Wildman–Crippen MR) is 264 cm³/mol. The smallest absolute Gasteiger partial charge is 0.393 e. The Kier molecular flexibility index (Phi) is 47.1. The first-order chi connectivity index (χ1) is 30.3. The van der Waals surface area contributed by atoms with Crippen LogP contribution in [0.1, 0.15) is 264 Å². The lowest BCUT2D eigenvalue weighted by Crippen LogP contribution is -2.46. The van der Waals surface area contributed by atoms with E-state index in [2.05, 4.69) is 31.3 Å². The molecule has 0 spiro atoms. The molecule has 62 heavy (non-hydrogen) atoms. The van der Waals surface area contributed by atoms with Crippen molar-refractivity contribution in [2.75, 3.05) is 19.8 Å². The molecule has 0 rings (SSSR count). The van der Waals surface area contributed by atoms with Crippen molar-refractivity contribution in [3.05, 3.63) is 24.3 Å². The zero-order valence-electron chi connectivity index (χ0n) is 40.7. The molecule has 10 heteroatoms. The second-order valence-electron chi connectivity index (χ2n) is 18.3. The third-order valence-corrected chi connectivity index (χ3v) is 13.1. The van der Waals surface area contributed by atoms with E-state index in [9.17, 15) is 24.5 Å². The van der Waals surface area contributed by atoms with Gasteiger partial charge in [0.2, 0.25) is 5.91 Å². The van der Waals surface area contributed by atoms with Gasteiger partial charge in [-0.15, -0.1) is 0 Å². The van der Waals surface area contributed by atoms with Gasteiger partial charge in [-0.2, -0.15) is 0 Å². The highest BCUT2D eigenvalue weighted by Gasteiger charge is 2.27. The Hall–Kier alpha value is -1.06. The quantitative estimate of drug-likeness (QED) is 0.0230. The lowest BCUT2D eigenvalue weighted by Gasteiger charge is -2.24. The number of carbonyl (C=O) groups excluding carboxylic acids is 1. The average molecular weight is 899 g/mol. The lowest BCUT2D eigenvalue weighted by atomic mass is 10.0. The minimum atomic E-state index is -4.41. The molecule has 0 saturated carbocycles. The molecule has 0 radical (unpaired) electrons. The van der Waals surface area contributed by atoms with Gasteiger partial charge in [-0.1, -0.05) is 237 Å². The van der Waals surface area contributed by atoms with Crippen molar-refractivity contribution < 1.29 is 33.5 Å². The molecule has 9 nitrogen and oxygen atoms in total. The van der Waals surface area contributed by atoms with Crippen LogP contribution in [0, 0.1) is 0 Å². The number of allylic oxidation sites excluding steroid dienone is 3. The Morgan fingerprint density at radius 2 is 0.903 bits per heavy atom. The highest BCUT2D eigenvalue weighted by atomic mass is 31.2. The van der Waals surface area contributed by atoms with E-state index in [0.717, 1.165) is 51.4 Å². The van der Waals surface area contributed by atoms with Crippen LogP contribution in [0.5, 0.6) is 0 Å². The van der Waals surface area contributed by atoms with E-state index < -0.39 is 38.6 Å². The summed E-state index contributed by atoms with van der Waals surface area (Å²) in [6, 6.07) is -0.984. The van der Waals surface area contributed by atoms with Gasteiger partial charge in [0.1, 0.15) is 0 Å². The SMILES string of the molecule is CCCCCCCCCCCC/C=C\CCCCCCCC(O)CC(=O)NC(COP(=O)(O)OCCN)C(O)/C=C/CCCCCCCCCCCCCCCCCCCCC. The second-order valence-corrected chi connectivity index (χ2v) is 19.7. The number of nitrogens with one attached hydrogen (secondary N) is 1. The standard InChI is InChI=1S/C52H103N2O7P/c1-3-5-7-9-11-13-15-17-19-21-23-24-26-28-30-32-34-36-38-40-42-44-51(56)50(48-61-62(58,59)60-46-45-53)54-52(57)47-49(55)43-41-39-37-35-33-31-29-27-25-22-20-18-16-14-12-10-8-6-4-2/h27,29,42,44,49-51,55-56H,3-26,28,30-41,43,45-48,53H2,1-2H3,(H,54,57)(H,58,59)/b29-27-,44-42+. The summed E-state index contributed by atoms with van der Waals surface area (Å²) >= 11 is 0. The molecule has 0 bridgehead atoms. The van der Waals surface area contributed by atoms with Crippen molar-refractivity contribution in [3.63, 3.8) is 0 Å². The summed E-state index contributed by atoms with van der Waals surface area (Å²) in [7, 11) is -4.41. The summed E-state index contributed by atoms with van der Waals surface area (Å²) in [5.74, 6) is -0.447. The molecule has 0 aliphatic carbocycles. The lowest BCUT2D eigenvalue weighted by molar-refractivity contribution is -0.124. The van der Waals surface area contributed by atoms with E-state index in [1.165, 1.54) is 186 Å². The highest BCUT2D eigenvalue weighted by molar-refractivity contribution is 7.47. The fourth-order valence-corrected chi connectivity index (χ4v) is 8.82. The Morgan fingerprint density at radius 3 is 1.29 bits per heavy atom. The van der Waals surface area contributed by atoms with Crippen molar-refractivity contribution in [2.45, 2.75) is 283 Å². The number of phosphoric acid groups is 1. The van der Waals surface area contributed by atoms with Crippen LogP contribution in [0.2, 0.25) is 0 Å². The molecular weight excluding hydrogens is 796 g/mol. The Bertz CT molecular complexity index is 1040. The molecule has 0 fully saturated rings. The van der Waals surface area contributed by atoms with E-state index >= 15 is 0 Å². The van der Waals surface area contributed by atoms with Gasteiger partial charge in [-0.3, -0.25) is 13.8 Å². The number of carbonyl (C=O) groups is 1. The van der Waals surface area contributed by atoms with Gasteiger partial charge in [0.25, 0.3) is 0 Å². The first-order valence-corrected chi connectivity index (χ1v) is 28.0. The van der Waals surface area contributed by atoms with Crippen LogP contribution in [0.4, 0.5) is 0 Å². The highest BCUT2D eigenvalue weighted by Crippen LogP contribution is 2.43. The van der Waals surface area contributed by atoms with Crippen LogP contribution in [0.25, 0.3) is 0 Å². The number of phosphoric ester groups is 1. The third-order valence-electron chi connectivity index (χ3n) is 12.1. The first kappa shape index (κ1) is 60.9. The number of hydrogen-bond donors (Lipinski definition) is 5. The molecule has 0 saturated heterocycles. The third kappa shape index (κ3) is 45.5. The van der Waals surface area contributed by atoms with Crippen molar-refractivity contribution >= 4 is 13.7 Å². The zero-order valence-corrected chi connectivity index (χ0v) is 41.6. The molecule has 0 aromatic carbocycles. The van der Waals surface area contributed by atoms with E-state index in [4.69, 9.17) is 14.8 Å². The summed E-state index contributed by atoms with van der Waals surface area (Å²) in [6.07, 6.45) is 54.1. The first-order valence-electron chi connectivity index (χ1n) is 26.5. The summed E-state index contributed by atoms with van der Waals surface area (Å²) < 4.78 is 22.2. The monoisotopic (exact) mass is 899 g/mol. The average Bonchev–Trinajstić information content (AvgIpc) is 3.25. The van der Waals surface area contributed by atoms with Crippen LogP contribution in [0.3, 0.4) is 0 Å². The van der Waals surface area contributed by atoms with Crippen LogP contribution in [0.15, 0.2) is 24.3 Å². The van der Waals surface area contributed by atoms with Gasteiger partial charge in [-0.05, 0) is 44.9 Å². The zero-order chi connectivity index (χ0) is 45.5. The molecule has 0 aromatic rings. The Balaban J connectivity index is 4.18. The van der Waals surface area contributed by atoms with Crippen LogP contribution < -0.4 is 11.1 Å². The van der Waals surface area contributed by atoms with Crippen LogP contribution in [-0.2, 0) is 18.4 Å². The number of aliphatic hydroxyl groups is 2. The molecule has 368 valence electrons. The largest absolute Gasteiger partial charge is 0.472 e. The van der Waals surface area contributed by atoms with Crippen LogP contribution >= 0.6 is 7.82 Å². The fraction of sp³-hybridized carbons (Fsp3) is 0.904. The maximum atomic E-state index is 12.9. The molecule has 0 aromatic heterocycles. The summed E-state index contributed by atoms with van der Waals surface area (Å²) in [5, 5.41) is 24.2. The maximum Gasteiger partial charge on any atom is 0.472 e. The number of amides is 1. The predicted octanol–water partition coefficient (Wildman–Crippen LogP) is 14.7. The molecule has 0 aliphatic heterocycles. The van der Waals surface area contributed by atoms with Gasteiger partial charge in [0, 0.05) is 6.54 Å². The van der Waals surface area contributed by atoms with Crippen molar-refractivity contribution in [2.24, 2.45) is 5.73 Å². The summed E-state index contributed by atoms with van der Waals surface area (Å²) in [4.78, 5) is 22.9. The normalized spacial score (nSPS) is 14.5. The molecule has 6 N–H and O–H groups in total. The van der Waals surface area contributed by atoms with Gasteiger partial charge >= 0.3 is 7.82 Å². The van der Waals surface area contributed by atoms with Crippen molar-refractivity contribution in [1.29, 1.82) is 0 Å². The van der Waals surface area contributed by atoms with Crippen LogP contribution in [-0.4, -0.2) is 59.0 Å². The number of rotatable bonds is 50. The minimum absolute atomic E-state index is 0.0493. The summed E-state index contributed by atoms with van der Waals surface area (Å²) in [5.41, 5.74) is 5.39. The van der Waals surface area contributed by atoms with Gasteiger partial charge in [0.05, 0.1) is 37.9 Å². The second kappa shape index (κ2) is 47.9. The Morgan fingerprint density at radius 1 is 0.548 bits per heavy atom. The molecule has 4 unspecified atom stereocenters. The number of nitrogens with two attached hydrogens (primary N) is 1. The van der Waals surface area contributed by atoms with E-state index in [1.807, 2.05) is 6.08 Å². The number of unbranched alkanes of at least 4 members (excludes halogenated alkanes) is 34. The van der Waals surface area contributed by atoms with Crippen molar-refractivity contribution in [1.82, 2.24) is 5.32 Å². The maximum absolute atomic E-state index is 12.9. The number of aliphatic hydroxyl groups excluding tert-OH is 2. The summed E-state index contributed by atoms with van der Waals surface area (Å²) in [6.45, 7) is 4.01. The molecule has 4 atom stereocenters. The van der Waals surface area contributed by atoms with E-state index in [0.29, 0.717) is 6.42 Å². The molecule has 0 aliphatic rings. The molecular formula is C52H103N2O7P. The minimum Gasteiger partial charge on any atom is -0.393 e. The van der Waals surface area contributed by atoms with Gasteiger partial charge < -0.3 is 26.2 Å². The Labute approximate surface area is 383 Å². The fourth-order valence-electron chi connectivity index (χ4n) is 8.06. The van der Waals surface area contributed by atoms with E-state index in [1.54, 1.807) is 6.08 Å². The molecule has 1 amide bonds. The number of hydrogen-bond acceptors (Lipinski definition) is 7. The van der Waals surface area contributed by atoms with Gasteiger partial charge in [-0.25, -0.2) is 4.57 Å². The van der Waals surface area contributed by atoms with Gasteiger partial charge in [0.15, 0.2) is 0 Å².